The second-order valence-electron chi connectivity index (χ2n) is 3.82. The quantitative estimate of drug-likeness (QED) is 0.683. The smallest absolute Gasteiger partial charge is 0.0565 e. The number of thioether (sulfide) groups is 1. The van der Waals surface area contributed by atoms with E-state index in [1.165, 1.54) is 12.8 Å². The second-order valence-corrected chi connectivity index (χ2v) is 5.64. The minimum absolute atomic E-state index is 0.211. The first-order valence-corrected chi connectivity index (χ1v) is 5.61. The van der Waals surface area contributed by atoms with E-state index in [4.69, 9.17) is 10.8 Å². The van der Waals surface area contributed by atoms with Crippen LogP contribution < -0.4 is 5.73 Å². The summed E-state index contributed by atoms with van der Waals surface area (Å²) < 4.78 is 0. The molecule has 1 saturated carbocycles. The molecule has 0 heterocycles. The van der Waals surface area contributed by atoms with Gasteiger partial charge in [0.05, 0.1) is 6.61 Å². The Labute approximate surface area is 78.9 Å². The summed E-state index contributed by atoms with van der Waals surface area (Å²) in [7, 11) is 0. The Kier molecular flexibility index (Phi) is 3.87. The predicted molar refractivity (Wildman–Crippen MR) is 54.3 cm³/mol. The predicted octanol–water partition coefficient (Wildman–Crippen LogP) is 1.23. The average molecular weight is 189 g/mol. The Balaban J connectivity index is 2.31. The summed E-state index contributed by atoms with van der Waals surface area (Å²) in [5.74, 6) is 0.688. The lowest BCUT2D eigenvalue weighted by Gasteiger charge is -2.22. The molecule has 0 aromatic heterocycles. The summed E-state index contributed by atoms with van der Waals surface area (Å²) >= 11 is 1.80. The molecule has 0 amide bonds. The number of aliphatic hydroxyl groups excluding tert-OH is 1. The number of hydrogen-bond acceptors (Lipinski definition) is 3. The molecule has 0 aromatic carbocycles. The van der Waals surface area contributed by atoms with Crippen LogP contribution in [-0.4, -0.2) is 28.3 Å². The molecule has 3 heteroatoms. The van der Waals surface area contributed by atoms with Crippen LogP contribution in [0.1, 0.15) is 26.7 Å². The van der Waals surface area contributed by atoms with Gasteiger partial charge in [-0.3, -0.25) is 0 Å². The molecule has 0 aromatic rings. The highest BCUT2D eigenvalue weighted by Crippen LogP contribution is 2.36. The number of nitrogens with two attached hydrogens (primary N) is 1. The molecular formula is C9H19NOS. The average Bonchev–Trinajstić information content (AvgIpc) is 2.80. The van der Waals surface area contributed by atoms with Crippen molar-refractivity contribution in [2.75, 3.05) is 6.61 Å². The van der Waals surface area contributed by atoms with Crippen molar-refractivity contribution in [3.8, 4) is 0 Å². The Morgan fingerprint density at radius 1 is 1.50 bits per heavy atom. The molecule has 0 radical (unpaired) electrons. The van der Waals surface area contributed by atoms with E-state index in [0.717, 1.165) is 0 Å². The van der Waals surface area contributed by atoms with E-state index in [1.807, 2.05) is 0 Å². The van der Waals surface area contributed by atoms with Gasteiger partial charge in [-0.25, -0.2) is 0 Å². The molecule has 2 unspecified atom stereocenters. The third-order valence-corrected chi connectivity index (χ3v) is 3.58. The summed E-state index contributed by atoms with van der Waals surface area (Å²) in [6, 6.07) is 0.211. The van der Waals surface area contributed by atoms with Crippen LogP contribution in [0.4, 0.5) is 0 Å². The third-order valence-electron chi connectivity index (χ3n) is 2.22. The lowest BCUT2D eigenvalue weighted by Crippen LogP contribution is -2.37. The van der Waals surface area contributed by atoms with Crippen molar-refractivity contribution < 1.29 is 5.11 Å². The molecule has 12 heavy (non-hydrogen) atoms. The van der Waals surface area contributed by atoms with Gasteiger partial charge >= 0.3 is 0 Å². The van der Waals surface area contributed by atoms with Gasteiger partial charge in [-0.2, -0.15) is 11.8 Å². The molecule has 0 bridgehead atoms. The first-order valence-electron chi connectivity index (χ1n) is 4.67. The molecule has 72 valence electrons. The maximum absolute atomic E-state index is 9.12. The van der Waals surface area contributed by atoms with Gasteiger partial charge in [0.25, 0.3) is 0 Å². The Morgan fingerprint density at radius 3 is 2.42 bits per heavy atom. The highest BCUT2D eigenvalue weighted by molar-refractivity contribution is 8.00. The summed E-state index contributed by atoms with van der Waals surface area (Å²) in [6.07, 6.45) is 2.52. The lowest BCUT2D eigenvalue weighted by atomic mass is 10.1. The van der Waals surface area contributed by atoms with Gasteiger partial charge < -0.3 is 10.8 Å². The van der Waals surface area contributed by atoms with Crippen molar-refractivity contribution >= 4 is 11.8 Å². The fourth-order valence-electron chi connectivity index (χ4n) is 1.39. The molecule has 2 atom stereocenters. The van der Waals surface area contributed by atoms with Crippen LogP contribution in [0.2, 0.25) is 0 Å². The van der Waals surface area contributed by atoms with Gasteiger partial charge in [0, 0.05) is 11.3 Å². The summed E-state index contributed by atoms with van der Waals surface area (Å²) in [6.45, 7) is 4.51. The summed E-state index contributed by atoms with van der Waals surface area (Å²) in [4.78, 5) is 0. The highest BCUT2D eigenvalue weighted by atomic mass is 32.2. The van der Waals surface area contributed by atoms with Crippen LogP contribution >= 0.6 is 11.8 Å². The van der Waals surface area contributed by atoms with Crippen LogP contribution in [0.25, 0.3) is 0 Å². The van der Waals surface area contributed by atoms with Gasteiger partial charge in [0.1, 0.15) is 0 Å². The minimum Gasteiger partial charge on any atom is -0.395 e. The number of rotatable bonds is 5. The van der Waals surface area contributed by atoms with Crippen LogP contribution in [0.3, 0.4) is 0 Å². The molecule has 2 nitrogen and oxygen atoms in total. The van der Waals surface area contributed by atoms with Gasteiger partial charge in [-0.05, 0) is 24.0 Å². The topological polar surface area (TPSA) is 46.2 Å². The fraction of sp³-hybridized carbons (Fsp3) is 1.00. The van der Waals surface area contributed by atoms with Crippen LogP contribution in [-0.2, 0) is 0 Å². The molecular weight excluding hydrogens is 170 g/mol. The zero-order valence-corrected chi connectivity index (χ0v) is 8.68. The highest BCUT2D eigenvalue weighted by Gasteiger charge is 2.34. The Morgan fingerprint density at radius 2 is 2.08 bits per heavy atom. The molecule has 3 N–H and O–H groups in total. The Bertz CT molecular complexity index is 136. The van der Waals surface area contributed by atoms with E-state index < -0.39 is 0 Å². The molecule has 1 rings (SSSR count). The lowest BCUT2D eigenvalue weighted by molar-refractivity contribution is 0.277. The van der Waals surface area contributed by atoms with Crippen molar-refractivity contribution in [3.63, 3.8) is 0 Å². The Hall–Kier alpha value is 0.270. The van der Waals surface area contributed by atoms with E-state index in [9.17, 15) is 0 Å². The van der Waals surface area contributed by atoms with Crippen molar-refractivity contribution in [3.05, 3.63) is 0 Å². The summed E-state index contributed by atoms with van der Waals surface area (Å²) in [5, 5.41) is 9.93. The maximum atomic E-state index is 9.12. The van der Waals surface area contributed by atoms with Crippen molar-refractivity contribution in [1.82, 2.24) is 0 Å². The van der Waals surface area contributed by atoms with E-state index >= 15 is 0 Å². The van der Waals surface area contributed by atoms with Crippen LogP contribution in [0.15, 0.2) is 0 Å². The largest absolute Gasteiger partial charge is 0.395 e. The van der Waals surface area contributed by atoms with Gasteiger partial charge in [-0.15, -0.1) is 0 Å². The SMILES string of the molecule is CC(C)SC(CO)C(N)C1CC1. The fourth-order valence-corrected chi connectivity index (χ4v) is 2.58. The molecule has 0 saturated heterocycles. The number of aliphatic hydroxyl groups is 1. The molecule has 0 aliphatic heterocycles. The molecule has 0 spiro atoms. The van der Waals surface area contributed by atoms with E-state index in [2.05, 4.69) is 13.8 Å². The maximum Gasteiger partial charge on any atom is 0.0565 e. The van der Waals surface area contributed by atoms with Gasteiger partial charge in [0.2, 0.25) is 0 Å². The molecule has 1 aliphatic carbocycles. The second kappa shape index (κ2) is 4.49. The van der Waals surface area contributed by atoms with Crippen LogP contribution in [0.5, 0.6) is 0 Å². The molecule has 1 fully saturated rings. The van der Waals surface area contributed by atoms with Crippen LogP contribution in [0, 0.1) is 5.92 Å². The van der Waals surface area contributed by atoms with E-state index in [0.29, 0.717) is 11.2 Å². The van der Waals surface area contributed by atoms with Crippen molar-refractivity contribution in [2.24, 2.45) is 11.7 Å². The first kappa shape index (κ1) is 10.4. The zero-order valence-electron chi connectivity index (χ0n) is 7.86. The minimum atomic E-state index is 0.211. The number of hydrogen-bond donors (Lipinski definition) is 2. The molecule has 1 aliphatic rings. The van der Waals surface area contributed by atoms with E-state index in [-0.39, 0.29) is 17.9 Å². The monoisotopic (exact) mass is 189 g/mol. The zero-order chi connectivity index (χ0) is 9.14. The van der Waals surface area contributed by atoms with E-state index in [1.54, 1.807) is 11.8 Å². The standard InChI is InChI=1S/C9H19NOS/c1-6(2)12-8(5-11)9(10)7-3-4-7/h6-9,11H,3-5,10H2,1-2H3. The van der Waals surface area contributed by atoms with Crippen molar-refractivity contribution in [1.29, 1.82) is 0 Å². The van der Waals surface area contributed by atoms with Crippen molar-refractivity contribution in [2.45, 2.75) is 43.2 Å². The first-order chi connectivity index (χ1) is 5.65. The van der Waals surface area contributed by atoms with Gasteiger partial charge in [-0.1, -0.05) is 13.8 Å². The third kappa shape index (κ3) is 2.96. The summed E-state index contributed by atoms with van der Waals surface area (Å²) in [5.41, 5.74) is 6.00. The normalized spacial score (nSPS) is 22.8. The van der Waals surface area contributed by atoms with Gasteiger partial charge in [0.15, 0.2) is 0 Å².